The number of nitrogens with zero attached hydrogens (tertiary/aromatic N) is 5. The van der Waals surface area contributed by atoms with E-state index in [1.165, 1.54) is 0 Å². The second-order valence-electron chi connectivity index (χ2n) is 16.2. The highest BCUT2D eigenvalue weighted by atomic mass is 16.5. The number of ether oxygens (including phenoxy) is 5. The van der Waals surface area contributed by atoms with Crippen LogP contribution in [0.5, 0.6) is 23.0 Å². The van der Waals surface area contributed by atoms with E-state index in [0.29, 0.717) is 23.6 Å². The Hall–Kier alpha value is -7.99. The lowest BCUT2D eigenvalue weighted by Gasteiger charge is -2.46. The van der Waals surface area contributed by atoms with Gasteiger partial charge in [0.15, 0.2) is 11.2 Å². The molecule has 0 saturated heterocycles. The zero-order valence-corrected chi connectivity index (χ0v) is 37.6. The van der Waals surface area contributed by atoms with Gasteiger partial charge in [0.1, 0.15) is 34.1 Å². The fourth-order valence-corrected chi connectivity index (χ4v) is 9.34. The van der Waals surface area contributed by atoms with E-state index in [4.69, 9.17) is 39.5 Å². The van der Waals surface area contributed by atoms with Crippen LogP contribution in [-0.4, -0.2) is 66.3 Å². The molecule has 1 saturated carbocycles. The molecule has 0 radical (unpaired) electrons. The first kappa shape index (κ1) is 45.6. The van der Waals surface area contributed by atoms with Crippen LogP contribution >= 0.6 is 0 Å². The van der Waals surface area contributed by atoms with Crippen molar-refractivity contribution >= 4 is 17.1 Å². The average molecular weight is 898 g/mol. The maximum atomic E-state index is 14.1. The molecule has 0 amide bonds. The average Bonchev–Trinajstić information content (AvgIpc) is 3.81. The summed E-state index contributed by atoms with van der Waals surface area (Å²) >= 11 is 0. The maximum absolute atomic E-state index is 14.1. The molecule has 2 aromatic heterocycles. The summed E-state index contributed by atoms with van der Waals surface area (Å²) in [6.45, 7) is 0.216. The minimum atomic E-state index is -1.06. The van der Waals surface area contributed by atoms with Gasteiger partial charge in [0, 0.05) is 29.4 Å². The molecule has 3 atom stereocenters. The van der Waals surface area contributed by atoms with Crippen LogP contribution in [0.15, 0.2) is 169 Å². The first-order valence-electron chi connectivity index (χ1n) is 21.7. The van der Waals surface area contributed by atoms with Crippen molar-refractivity contribution in [3.8, 4) is 23.0 Å². The standard InChI is InChI=1S/C53H51N5O7.N2/c1-61-42-23-15-37(16-24-42)52(36-11-7-5-8-12-36,38-17-25-43(62-2)26-18-38)57-51-55-49-48(50(60)56-51)54-34-58(49)47-31-35(32-59)46(47)33-65-53(39-13-9-6-10-14-39,40-19-27-44(63-3)28-20-40)41-21-29-45(64-4)30-22-41;1-2/h5-30,34-35,46-47,59H,31-33H2,1-4H3,(H2,55,56,57,60);/t35-,46-,47-;/m1./s1. The van der Waals surface area contributed by atoms with E-state index in [-0.39, 0.29) is 42.6 Å². The van der Waals surface area contributed by atoms with E-state index in [9.17, 15) is 9.90 Å². The Balaban J connectivity index is 0.00000300. The molecule has 14 heteroatoms. The Morgan fingerprint density at radius 3 is 1.51 bits per heavy atom. The summed E-state index contributed by atoms with van der Waals surface area (Å²) in [4.78, 5) is 26.9. The van der Waals surface area contributed by atoms with Crippen LogP contribution in [-0.2, 0) is 15.9 Å². The maximum Gasteiger partial charge on any atom is 0.280 e. The van der Waals surface area contributed by atoms with Gasteiger partial charge in [-0.2, -0.15) is 4.98 Å². The second kappa shape index (κ2) is 20.0. The summed E-state index contributed by atoms with van der Waals surface area (Å²) in [5.41, 5.74) is 3.51. The molecule has 3 N–H and O–H groups in total. The van der Waals surface area contributed by atoms with Crippen LogP contribution in [0.4, 0.5) is 5.95 Å². The number of aromatic amines is 1. The molecule has 8 aromatic rings. The molecule has 14 nitrogen and oxygen atoms in total. The zero-order chi connectivity index (χ0) is 47.0. The van der Waals surface area contributed by atoms with Crippen LogP contribution in [0.25, 0.3) is 11.2 Å². The largest absolute Gasteiger partial charge is 0.497 e. The summed E-state index contributed by atoms with van der Waals surface area (Å²) in [7, 11) is 6.57. The highest BCUT2D eigenvalue weighted by Gasteiger charge is 2.46. The van der Waals surface area contributed by atoms with Gasteiger partial charge in [-0.25, -0.2) is 4.98 Å². The number of methoxy groups -OCH3 is 4. The summed E-state index contributed by atoms with van der Waals surface area (Å²) in [6, 6.07) is 51.5. The lowest BCUT2D eigenvalue weighted by molar-refractivity contribution is -0.0763. The van der Waals surface area contributed by atoms with Gasteiger partial charge in [0.05, 0.1) is 41.4 Å². The molecular weight excluding hydrogens is 847 g/mol. The lowest BCUT2D eigenvalue weighted by Crippen LogP contribution is -2.45. The topological polar surface area (TPSA) is 190 Å². The Kier molecular flexibility index (Phi) is 13.6. The van der Waals surface area contributed by atoms with Crippen LogP contribution < -0.4 is 29.8 Å². The molecule has 1 aliphatic rings. The zero-order valence-electron chi connectivity index (χ0n) is 37.6. The van der Waals surface area contributed by atoms with Gasteiger partial charge in [0.25, 0.3) is 5.56 Å². The van der Waals surface area contributed by atoms with E-state index < -0.39 is 16.7 Å². The van der Waals surface area contributed by atoms with Gasteiger partial charge >= 0.3 is 0 Å². The smallest absolute Gasteiger partial charge is 0.280 e. The molecule has 9 rings (SSSR count). The molecular formula is C53H51N7O7. The van der Waals surface area contributed by atoms with Crippen molar-refractivity contribution in [2.24, 2.45) is 11.8 Å². The summed E-state index contributed by atoms with van der Waals surface area (Å²) < 4.78 is 31.5. The van der Waals surface area contributed by atoms with E-state index >= 15 is 0 Å². The molecule has 67 heavy (non-hydrogen) atoms. The van der Waals surface area contributed by atoms with Crippen molar-refractivity contribution in [2.45, 2.75) is 23.6 Å². The van der Waals surface area contributed by atoms with E-state index in [1.54, 1.807) is 34.8 Å². The quantitative estimate of drug-likeness (QED) is 0.0583. The number of rotatable bonds is 17. The van der Waals surface area contributed by atoms with Gasteiger partial charge in [-0.05, 0) is 94.3 Å². The number of nitrogens with one attached hydrogen (secondary N) is 2. The minimum absolute atomic E-state index is 0.0370. The minimum Gasteiger partial charge on any atom is -0.497 e. The normalized spacial score (nSPS) is 15.7. The van der Waals surface area contributed by atoms with Crippen molar-refractivity contribution < 1.29 is 28.8 Å². The van der Waals surface area contributed by atoms with E-state index in [0.717, 1.165) is 44.9 Å². The van der Waals surface area contributed by atoms with Gasteiger partial charge in [-0.3, -0.25) is 9.78 Å². The van der Waals surface area contributed by atoms with Gasteiger partial charge in [0.2, 0.25) is 5.95 Å². The number of imidazole rings is 1. The molecule has 1 aliphatic carbocycles. The van der Waals surface area contributed by atoms with Crippen LogP contribution in [0.2, 0.25) is 0 Å². The molecule has 0 unspecified atom stereocenters. The highest BCUT2D eigenvalue weighted by molar-refractivity contribution is 5.72. The Bertz CT molecular complexity index is 2850. The van der Waals surface area contributed by atoms with Crippen LogP contribution in [0.1, 0.15) is 45.8 Å². The lowest BCUT2D eigenvalue weighted by atomic mass is 9.69. The monoisotopic (exact) mass is 897 g/mol. The number of aliphatic hydroxyl groups is 1. The van der Waals surface area contributed by atoms with Crippen molar-refractivity contribution in [1.82, 2.24) is 19.5 Å². The number of hydrogen-bond acceptors (Lipinski definition) is 12. The van der Waals surface area contributed by atoms with Crippen molar-refractivity contribution in [3.63, 3.8) is 0 Å². The summed E-state index contributed by atoms with van der Waals surface area (Å²) in [6.07, 6.45) is 2.30. The second-order valence-corrected chi connectivity index (χ2v) is 16.2. The highest BCUT2D eigenvalue weighted by Crippen LogP contribution is 2.49. The Labute approximate surface area is 388 Å². The predicted octanol–water partition coefficient (Wildman–Crippen LogP) is 8.77. The number of H-pyrrole nitrogens is 1. The Morgan fingerprint density at radius 2 is 1.06 bits per heavy atom. The SMILES string of the molecule is COc1ccc(C(Nc2nc3c(ncn3[C@@H]3C[C@H](CO)[C@H]3COC(c3ccccc3)(c3ccc(OC)cc3)c3ccc(OC)cc3)c(=O)[nH]2)(c2ccccc2)c2ccc(OC)cc2)cc1.N#N. The van der Waals surface area contributed by atoms with Gasteiger partial charge < -0.3 is 38.7 Å². The third kappa shape index (κ3) is 8.54. The first-order chi connectivity index (χ1) is 32.8. The molecule has 1 fully saturated rings. The van der Waals surface area contributed by atoms with Gasteiger partial charge in [-0.1, -0.05) is 109 Å². The Morgan fingerprint density at radius 1 is 0.642 bits per heavy atom. The number of anilines is 1. The third-order valence-corrected chi connectivity index (χ3v) is 12.9. The molecule has 0 spiro atoms. The van der Waals surface area contributed by atoms with Gasteiger partial charge in [-0.15, -0.1) is 0 Å². The fraction of sp³-hybridized carbons (Fsp3) is 0.226. The summed E-state index contributed by atoms with van der Waals surface area (Å²) in [5, 5.41) is 26.5. The van der Waals surface area contributed by atoms with Crippen molar-refractivity contribution in [2.75, 3.05) is 47.0 Å². The molecule has 0 bridgehead atoms. The number of aliphatic hydroxyl groups excluding tert-OH is 1. The van der Waals surface area contributed by atoms with E-state index in [2.05, 4.69) is 27.4 Å². The molecule has 340 valence electrons. The number of hydrogen-bond donors (Lipinski definition) is 3. The first-order valence-corrected chi connectivity index (χ1v) is 21.7. The number of benzene rings is 6. The summed E-state index contributed by atoms with van der Waals surface area (Å²) in [5.74, 6) is 2.83. The van der Waals surface area contributed by atoms with Crippen LogP contribution in [0, 0.1) is 22.6 Å². The molecule has 0 aliphatic heterocycles. The number of fused-ring (bicyclic) bond motifs is 1. The van der Waals surface area contributed by atoms with Crippen molar-refractivity contribution in [3.05, 3.63) is 208 Å². The fourth-order valence-electron chi connectivity index (χ4n) is 9.34. The molecule has 2 heterocycles. The third-order valence-electron chi connectivity index (χ3n) is 12.9. The number of aromatic nitrogens is 4. The predicted molar refractivity (Wildman–Crippen MR) is 254 cm³/mol. The molecule has 6 aromatic carbocycles. The van der Waals surface area contributed by atoms with E-state index in [1.807, 2.05) is 150 Å². The van der Waals surface area contributed by atoms with Crippen molar-refractivity contribution in [1.29, 1.82) is 10.8 Å². The van der Waals surface area contributed by atoms with Crippen LogP contribution in [0.3, 0.4) is 0 Å².